The van der Waals surface area contributed by atoms with Crippen LogP contribution in [0, 0.1) is 0 Å². The van der Waals surface area contributed by atoms with Crippen LogP contribution in [0.25, 0.3) is 0 Å². The highest BCUT2D eigenvalue weighted by Crippen LogP contribution is 2.30. The molecule has 2 rings (SSSR count). The molecule has 138 valence electrons. The first kappa shape index (κ1) is 18.7. The molecule has 0 amide bonds. The van der Waals surface area contributed by atoms with Gasteiger partial charge in [-0.2, -0.15) is 18.3 Å². The molecular weight excluding hydrogens is 337 g/mol. The summed E-state index contributed by atoms with van der Waals surface area (Å²) in [4.78, 5) is 4.01. The standard InChI is InChI=1S/C14H21F3N8/c1-4-11-22-21-9-25(11)6-5-19-13(18-2)20-7-10-8-24(3)23-12(10)14(15,16)17/h8-9H,4-7H2,1-3H3,(H2,18,19,20). The first-order valence-electron chi connectivity index (χ1n) is 7.76. The van der Waals surface area contributed by atoms with Gasteiger partial charge in [0.25, 0.3) is 0 Å². The van der Waals surface area contributed by atoms with E-state index in [0.29, 0.717) is 19.0 Å². The van der Waals surface area contributed by atoms with Crippen LogP contribution in [-0.4, -0.2) is 44.1 Å². The summed E-state index contributed by atoms with van der Waals surface area (Å²) < 4.78 is 41.9. The summed E-state index contributed by atoms with van der Waals surface area (Å²) in [7, 11) is 3.01. The van der Waals surface area contributed by atoms with Gasteiger partial charge in [0.2, 0.25) is 0 Å². The van der Waals surface area contributed by atoms with Crippen molar-refractivity contribution in [1.29, 1.82) is 0 Å². The van der Waals surface area contributed by atoms with Gasteiger partial charge in [-0.25, -0.2) is 0 Å². The van der Waals surface area contributed by atoms with Crippen LogP contribution in [0.2, 0.25) is 0 Å². The van der Waals surface area contributed by atoms with Crippen molar-refractivity contribution in [1.82, 2.24) is 35.2 Å². The molecular formula is C14H21F3N8. The van der Waals surface area contributed by atoms with E-state index in [9.17, 15) is 13.2 Å². The van der Waals surface area contributed by atoms with E-state index in [0.717, 1.165) is 16.9 Å². The second-order valence-electron chi connectivity index (χ2n) is 5.32. The van der Waals surface area contributed by atoms with E-state index >= 15 is 0 Å². The molecule has 0 saturated carbocycles. The predicted molar refractivity (Wildman–Crippen MR) is 85.8 cm³/mol. The Balaban J connectivity index is 1.89. The molecule has 0 aromatic carbocycles. The maximum absolute atomic E-state index is 12.9. The van der Waals surface area contributed by atoms with Crippen LogP contribution in [-0.2, 0) is 32.7 Å². The molecule has 0 aliphatic carbocycles. The number of hydrogen-bond acceptors (Lipinski definition) is 4. The topological polar surface area (TPSA) is 85.0 Å². The highest BCUT2D eigenvalue weighted by Gasteiger charge is 2.36. The smallest absolute Gasteiger partial charge is 0.355 e. The minimum Gasteiger partial charge on any atom is -0.355 e. The second kappa shape index (κ2) is 7.99. The number of nitrogens with one attached hydrogen (secondary N) is 2. The molecule has 0 fully saturated rings. The van der Waals surface area contributed by atoms with Crippen molar-refractivity contribution >= 4 is 5.96 Å². The van der Waals surface area contributed by atoms with Crippen LogP contribution in [0.1, 0.15) is 24.0 Å². The van der Waals surface area contributed by atoms with Gasteiger partial charge in [0, 0.05) is 51.9 Å². The number of aromatic nitrogens is 5. The van der Waals surface area contributed by atoms with Gasteiger partial charge in [0.1, 0.15) is 12.2 Å². The lowest BCUT2D eigenvalue weighted by atomic mass is 10.2. The van der Waals surface area contributed by atoms with E-state index in [4.69, 9.17) is 0 Å². The maximum atomic E-state index is 12.9. The van der Waals surface area contributed by atoms with Crippen molar-refractivity contribution in [2.45, 2.75) is 32.6 Å². The van der Waals surface area contributed by atoms with Gasteiger partial charge in [-0.3, -0.25) is 9.67 Å². The summed E-state index contributed by atoms with van der Waals surface area (Å²) in [6, 6.07) is 0. The first-order valence-corrected chi connectivity index (χ1v) is 7.76. The lowest BCUT2D eigenvalue weighted by molar-refractivity contribution is -0.142. The number of nitrogens with zero attached hydrogens (tertiary/aromatic N) is 6. The molecule has 0 unspecified atom stereocenters. The number of halogens is 3. The van der Waals surface area contributed by atoms with E-state index in [1.54, 1.807) is 13.4 Å². The van der Waals surface area contributed by atoms with Crippen LogP contribution in [0.3, 0.4) is 0 Å². The normalized spacial score (nSPS) is 12.5. The highest BCUT2D eigenvalue weighted by atomic mass is 19.4. The van der Waals surface area contributed by atoms with Gasteiger partial charge in [-0.15, -0.1) is 10.2 Å². The molecule has 0 aliphatic rings. The fourth-order valence-corrected chi connectivity index (χ4v) is 2.34. The van der Waals surface area contributed by atoms with Crippen molar-refractivity contribution in [2.75, 3.05) is 13.6 Å². The van der Waals surface area contributed by atoms with Crippen molar-refractivity contribution in [3.63, 3.8) is 0 Å². The van der Waals surface area contributed by atoms with Crippen molar-refractivity contribution < 1.29 is 13.2 Å². The molecule has 8 nitrogen and oxygen atoms in total. The number of aryl methyl sites for hydroxylation is 2. The average Bonchev–Trinajstić information content (AvgIpc) is 3.16. The van der Waals surface area contributed by atoms with E-state index in [1.165, 1.54) is 13.2 Å². The SMILES string of the molecule is CCc1nncn1CCNC(=NC)NCc1cn(C)nc1C(F)(F)F. The Bertz CT molecular complexity index is 716. The van der Waals surface area contributed by atoms with Gasteiger partial charge in [-0.05, 0) is 0 Å². The third-order valence-electron chi connectivity index (χ3n) is 3.50. The summed E-state index contributed by atoms with van der Waals surface area (Å²) in [5.74, 6) is 1.28. The molecule has 0 atom stereocenters. The fourth-order valence-electron chi connectivity index (χ4n) is 2.34. The molecule has 0 radical (unpaired) electrons. The third kappa shape index (κ3) is 4.94. The molecule has 2 N–H and O–H groups in total. The Morgan fingerprint density at radius 2 is 2.08 bits per heavy atom. The van der Waals surface area contributed by atoms with Crippen LogP contribution in [0.15, 0.2) is 17.5 Å². The quantitative estimate of drug-likeness (QED) is 0.593. The molecule has 11 heteroatoms. The zero-order chi connectivity index (χ0) is 18.4. The van der Waals surface area contributed by atoms with Gasteiger partial charge >= 0.3 is 6.18 Å². The number of hydrogen-bond donors (Lipinski definition) is 2. The molecule has 0 bridgehead atoms. The minimum absolute atomic E-state index is 0.0325. The number of aliphatic imine (C=N–C) groups is 1. The van der Waals surface area contributed by atoms with Crippen LogP contribution in [0.5, 0.6) is 0 Å². The van der Waals surface area contributed by atoms with Crippen molar-refractivity contribution in [3.05, 3.63) is 29.6 Å². The molecule has 0 saturated heterocycles. The van der Waals surface area contributed by atoms with Crippen LogP contribution >= 0.6 is 0 Å². The summed E-state index contributed by atoms with van der Waals surface area (Å²) in [5, 5.41) is 17.2. The number of rotatable bonds is 6. The van der Waals surface area contributed by atoms with Gasteiger partial charge < -0.3 is 15.2 Å². The zero-order valence-corrected chi connectivity index (χ0v) is 14.3. The van der Waals surface area contributed by atoms with Crippen LogP contribution < -0.4 is 10.6 Å². The largest absolute Gasteiger partial charge is 0.435 e. The molecule has 0 aliphatic heterocycles. The monoisotopic (exact) mass is 358 g/mol. The van der Waals surface area contributed by atoms with Gasteiger partial charge in [0.05, 0.1) is 0 Å². The van der Waals surface area contributed by atoms with E-state index in [-0.39, 0.29) is 12.1 Å². The van der Waals surface area contributed by atoms with Crippen LogP contribution in [0.4, 0.5) is 13.2 Å². The Morgan fingerprint density at radius 1 is 1.32 bits per heavy atom. The summed E-state index contributed by atoms with van der Waals surface area (Å²) >= 11 is 0. The van der Waals surface area contributed by atoms with E-state index in [1.807, 2.05) is 11.5 Å². The Morgan fingerprint density at radius 3 is 2.72 bits per heavy atom. The molecule has 2 aromatic rings. The summed E-state index contributed by atoms with van der Waals surface area (Å²) in [6.45, 7) is 3.11. The lowest BCUT2D eigenvalue weighted by Gasteiger charge is -2.13. The molecule has 0 spiro atoms. The number of alkyl halides is 3. The predicted octanol–water partition coefficient (Wildman–Crippen LogP) is 0.958. The Hall–Kier alpha value is -2.59. The van der Waals surface area contributed by atoms with Gasteiger partial charge in [-0.1, -0.05) is 6.92 Å². The van der Waals surface area contributed by atoms with E-state index in [2.05, 4.69) is 30.9 Å². The van der Waals surface area contributed by atoms with Crippen molar-refractivity contribution in [2.24, 2.45) is 12.0 Å². The average molecular weight is 358 g/mol. The second-order valence-corrected chi connectivity index (χ2v) is 5.32. The molecule has 2 aromatic heterocycles. The van der Waals surface area contributed by atoms with Gasteiger partial charge in [0.15, 0.2) is 11.7 Å². The van der Waals surface area contributed by atoms with E-state index < -0.39 is 11.9 Å². The molecule has 2 heterocycles. The van der Waals surface area contributed by atoms with Crippen molar-refractivity contribution in [3.8, 4) is 0 Å². The molecule has 25 heavy (non-hydrogen) atoms. The zero-order valence-electron chi connectivity index (χ0n) is 14.3. The number of guanidine groups is 1. The Labute approximate surface area is 143 Å². The maximum Gasteiger partial charge on any atom is 0.435 e. The summed E-state index contributed by atoms with van der Waals surface area (Å²) in [6.07, 6.45) is -0.732. The first-order chi connectivity index (χ1) is 11.8. The minimum atomic E-state index is -4.49. The lowest BCUT2D eigenvalue weighted by Crippen LogP contribution is -2.38. The summed E-state index contributed by atoms with van der Waals surface area (Å²) in [5.41, 5.74) is -0.833. The highest BCUT2D eigenvalue weighted by molar-refractivity contribution is 5.79. The fraction of sp³-hybridized carbons (Fsp3) is 0.571. The Kier molecular flexibility index (Phi) is 5.99. The third-order valence-corrected chi connectivity index (χ3v) is 3.50.